The molecule has 140 valence electrons. The zero-order valence-electron chi connectivity index (χ0n) is 15.7. The number of thiophene rings is 1. The molecule has 4 aromatic rings. The van der Waals surface area contributed by atoms with Gasteiger partial charge in [0.1, 0.15) is 0 Å². The Balaban J connectivity index is 1.37. The fraction of sp³-hybridized carbons (Fsp3) is 0.227. The molecule has 0 fully saturated rings. The lowest BCUT2D eigenvalue weighted by molar-refractivity contribution is 0.243. The molecule has 1 aliphatic rings. The van der Waals surface area contributed by atoms with Gasteiger partial charge in [-0.05, 0) is 11.4 Å². The number of aryl methyl sites for hydroxylation is 1. The van der Waals surface area contributed by atoms with Gasteiger partial charge >= 0.3 is 0 Å². The zero-order chi connectivity index (χ0) is 18.9. The first-order valence-electron chi connectivity index (χ1n) is 9.45. The quantitative estimate of drug-likeness (QED) is 0.527. The highest BCUT2D eigenvalue weighted by Crippen LogP contribution is 2.27. The van der Waals surface area contributed by atoms with Crippen LogP contribution in [0.1, 0.15) is 16.8 Å². The predicted octanol–water partition coefficient (Wildman–Crippen LogP) is 4.16. The molecular weight excluding hydrogens is 366 g/mol. The molecule has 5 rings (SSSR count). The highest BCUT2D eigenvalue weighted by Gasteiger charge is 2.21. The molecule has 6 heteroatoms. The van der Waals surface area contributed by atoms with Gasteiger partial charge in [0.05, 0.1) is 16.3 Å². The van der Waals surface area contributed by atoms with E-state index in [1.807, 2.05) is 30.1 Å². The third-order valence-corrected chi connectivity index (χ3v) is 5.97. The molecule has 0 spiro atoms. The van der Waals surface area contributed by atoms with Crippen LogP contribution in [0.2, 0.25) is 0 Å². The van der Waals surface area contributed by atoms with Gasteiger partial charge in [0.15, 0.2) is 5.82 Å². The maximum atomic E-state index is 4.82. The van der Waals surface area contributed by atoms with E-state index in [0.717, 1.165) is 42.5 Å². The van der Waals surface area contributed by atoms with Crippen molar-refractivity contribution in [1.29, 1.82) is 0 Å². The van der Waals surface area contributed by atoms with Crippen molar-refractivity contribution in [2.75, 3.05) is 6.54 Å². The molecule has 4 heterocycles. The topological polar surface area (TPSA) is 46.8 Å². The fourth-order valence-electron chi connectivity index (χ4n) is 3.77. The third kappa shape index (κ3) is 3.37. The molecule has 1 aromatic carbocycles. The number of benzene rings is 1. The van der Waals surface area contributed by atoms with E-state index in [9.17, 15) is 0 Å². The van der Waals surface area contributed by atoms with Gasteiger partial charge in [-0.1, -0.05) is 36.4 Å². The first kappa shape index (κ1) is 17.3. The van der Waals surface area contributed by atoms with Crippen LogP contribution in [-0.2, 0) is 26.6 Å². The van der Waals surface area contributed by atoms with E-state index >= 15 is 0 Å². The summed E-state index contributed by atoms with van der Waals surface area (Å²) < 4.78 is 1.91. The molecule has 0 radical (unpaired) electrons. The predicted molar refractivity (Wildman–Crippen MR) is 112 cm³/mol. The molecule has 0 unspecified atom stereocenters. The number of hydrogen-bond donors (Lipinski definition) is 0. The number of aromatic nitrogens is 4. The van der Waals surface area contributed by atoms with Crippen LogP contribution >= 0.6 is 11.3 Å². The fourth-order valence-corrected chi connectivity index (χ4v) is 4.43. The molecule has 0 saturated heterocycles. The Bertz CT molecular complexity index is 1090. The van der Waals surface area contributed by atoms with Gasteiger partial charge < -0.3 is 0 Å². The van der Waals surface area contributed by atoms with Crippen LogP contribution < -0.4 is 0 Å². The highest BCUT2D eigenvalue weighted by atomic mass is 32.1. The minimum absolute atomic E-state index is 0.848. The van der Waals surface area contributed by atoms with E-state index in [1.165, 1.54) is 22.4 Å². The smallest absolute Gasteiger partial charge is 0.169 e. The molecule has 3 aromatic heterocycles. The van der Waals surface area contributed by atoms with Gasteiger partial charge in [0.25, 0.3) is 0 Å². The molecule has 0 saturated carbocycles. The van der Waals surface area contributed by atoms with E-state index in [2.05, 4.69) is 51.8 Å². The van der Waals surface area contributed by atoms with Crippen molar-refractivity contribution in [3.63, 3.8) is 0 Å². The van der Waals surface area contributed by atoms with Crippen molar-refractivity contribution in [3.05, 3.63) is 77.1 Å². The van der Waals surface area contributed by atoms with Gasteiger partial charge in [-0.2, -0.15) is 5.10 Å². The second kappa shape index (κ2) is 7.30. The first-order valence-corrected chi connectivity index (χ1v) is 10.3. The van der Waals surface area contributed by atoms with Gasteiger partial charge in [-0.25, -0.2) is 9.97 Å². The summed E-state index contributed by atoms with van der Waals surface area (Å²) in [7, 11) is 1.99. The summed E-state index contributed by atoms with van der Waals surface area (Å²) in [6.45, 7) is 2.75. The molecular formula is C22H21N5S. The second-order valence-electron chi connectivity index (χ2n) is 7.15. The van der Waals surface area contributed by atoms with Gasteiger partial charge in [-0.3, -0.25) is 9.58 Å². The zero-order valence-corrected chi connectivity index (χ0v) is 16.6. The lowest BCUT2D eigenvalue weighted by atomic mass is 10.0. The summed E-state index contributed by atoms with van der Waals surface area (Å²) in [5.41, 5.74) is 5.91. The normalized spacial score (nSPS) is 14.2. The van der Waals surface area contributed by atoms with Crippen molar-refractivity contribution < 1.29 is 0 Å². The van der Waals surface area contributed by atoms with Crippen LogP contribution in [0.3, 0.4) is 0 Å². The third-order valence-electron chi connectivity index (χ3n) is 5.10. The van der Waals surface area contributed by atoms with Crippen LogP contribution in [0.15, 0.2) is 60.2 Å². The number of nitrogens with zero attached hydrogens (tertiary/aromatic N) is 5. The van der Waals surface area contributed by atoms with E-state index in [0.29, 0.717) is 0 Å². The summed E-state index contributed by atoms with van der Waals surface area (Å²) >= 11 is 1.69. The maximum absolute atomic E-state index is 4.82. The van der Waals surface area contributed by atoms with Crippen LogP contribution in [-0.4, -0.2) is 31.2 Å². The Morgan fingerprint density at radius 2 is 2.00 bits per heavy atom. The van der Waals surface area contributed by atoms with Gasteiger partial charge in [0.2, 0.25) is 0 Å². The monoisotopic (exact) mass is 387 g/mol. The summed E-state index contributed by atoms with van der Waals surface area (Å²) in [5.74, 6) is 0.848. The lowest BCUT2D eigenvalue weighted by Gasteiger charge is -2.27. The number of rotatable bonds is 4. The molecule has 28 heavy (non-hydrogen) atoms. The van der Waals surface area contributed by atoms with Crippen LogP contribution in [0.4, 0.5) is 0 Å². The molecule has 0 aliphatic carbocycles. The maximum Gasteiger partial charge on any atom is 0.169 e. The molecule has 0 N–H and O–H groups in total. The number of hydrogen-bond acceptors (Lipinski definition) is 5. The van der Waals surface area contributed by atoms with E-state index < -0.39 is 0 Å². The van der Waals surface area contributed by atoms with Gasteiger partial charge in [0, 0.05) is 62.2 Å². The number of fused-ring (bicyclic) bond motifs is 1. The summed E-state index contributed by atoms with van der Waals surface area (Å²) in [6.07, 6.45) is 5.09. The minimum atomic E-state index is 0.848. The molecule has 5 nitrogen and oxygen atoms in total. The SMILES string of the molecule is Cn1cc(CN2CCc3nc(-c4cccs4)ncc3C2)c(-c2ccccc2)n1. The van der Waals surface area contributed by atoms with Gasteiger partial charge in [-0.15, -0.1) is 11.3 Å². The molecule has 1 aliphatic heterocycles. The first-order chi connectivity index (χ1) is 13.8. The standard InChI is InChI=1S/C22H21N5S/c1-26-13-18(21(25-26)16-6-3-2-4-7-16)15-27-10-9-19-17(14-27)12-23-22(24-19)20-8-5-11-28-20/h2-8,11-13H,9-10,14-15H2,1H3. The van der Waals surface area contributed by atoms with Crippen LogP contribution in [0, 0.1) is 0 Å². The minimum Gasteiger partial charge on any atom is -0.294 e. The summed E-state index contributed by atoms with van der Waals surface area (Å²) in [6, 6.07) is 14.5. The average Bonchev–Trinajstić information content (AvgIpc) is 3.38. The Hall–Kier alpha value is -2.83. The average molecular weight is 388 g/mol. The van der Waals surface area contributed by atoms with Crippen molar-refractivity contribution in [1.82, 2.24) is 24.6 Å². The lowest BCUT2D eigenvalue weighted by Crippen LogP contribution is -2.31. The van der Waals surface area contributed by atoms with E-state index in [1.54, 1.807) is 11.3 Å². The van der Waals surface area contributed by atoms with Crippen molar-refractivity contribution in [2.45, 2.75) is 19.5 Å². The molecule has 0 atom stereocenters. The Labute approximate surface area is 168 Å². The Kier molecular flexibility index (Phi) is 4.50. The summed E-state index contributed by atoms with van der Waals surface area (Å²) in [5, 5.41) is 6.76. The van der Waals surface area contributed by atoms with E-state index in [4.69, 9.17) is 10.1 Å². The Morgan fingerprint density at radius 1 is 1.11 bits per heavy atom. The van der Waals surface area contributed by atoms with Crippen molar-refractivity contribution in [3.8, 4) is 22.0 Å². The van der Waals surface area contributed by atoms with Crippen molar-refractivity contribution >= 4 is 11.3 Å². The molecule has 0 amide bonds. The van der Waals surface area contributed by atoms with Crippen molar-refractivity contribution in [2.24, 2.45) is 7.05 Å². The summed E-state index contributed by atoms with van der Waals surface area (Å²) in [4.78, 5) is 13.0. The Morgan fingerprint density at radius 3 is 2.82 bits per heavy atom. The largest absolute Gasteiger partial charge is 0.294 e. The van der Waals surface area contributed by atoms with Crippen LogP contribution in [0.25, 0.3) is 22.0 Å². The van der Waals surface area contributed by atoms with Crippen LogP contribution in [0.5, 0.6) is 0 Å². The highest BCUT2D eigenvalue weighted by molar-refractivity contribution is 7.13. The second-order valence-corrected chi connectivity index (χ2v) is 8.09. The van der Waals surface area contributed by atoms with E-state index in [-0.39, 0.29) is 0 Å². The molecule has 0 bridgehead atoms.